The number of hydrogen-bond donors (Lipinski definition) is 1. The molecule has 0 bridgehead atoms. The summed E-state index contributed by atoms with van der Waals surface area (Å²) < 4.78 is 9.89. The maximum atomic E-state index is 11.4. The summed E-state index contributed by atoms with van der Waals surface area (Å²) in [5, 5.41) is 0. The van der Waals surface area contributed by atoms with E-state index in [-0.39, 0.29) is 11.4 Å². The maximum Gasteiger partial charge on any atom is 0.313 e. The third-order valence-electron chi connectivity index (χ3n) is 3.25. The van der Waals surface area contributed by atoms with Crippen LogP contribution in [0.4, 0.5) is 0 Å². The van der Waals surface area contributed by atoms with Crippen LogP contribution in [-0.4, -0.2) is 32.8 Å². The minimum absolute atomic E-state index is 0.160. The number of methoxy groups -OCH3 is 1. The van der Waals surface area contributed by atoms with Crippen molar-refractivity contribution < 1.29 is 14.3 Å². The minimum atomic E-state index is -0.404. The lowest BCUT2D eigenvalue weighted by Gasteiger charge is -2.58. The SMILES string of the molecule is COC(=O)C1(CN)CC2(COC2)C1. The minimum Gasteiger partial charge on any atom is -0.469 e. The zero-order valence-electron chi connectivity index (χ0n) is 7.84. The standard InChI is InChI=1S/C9H15NO3/c1-12-7(11)9(4-10)2-8(3-9)5-13-6-8/h2-6,10H2,1H3. The van der Waals surface area contributed by atoms with Gasteiger partial charge < -0.3 is 15.2 Å². The molecule has 0 aromatic carbocycles. The molecule has 1 saturated heterocycles. The summed E-state index contributed by atoms with van der Waals surface area (Å²) in [6, 6.07) is 0. The third-order valence-corrected chi connectivity index (χ3v) is 3.25. The molecule has 0 amide bonds. The fourth-order valence-electron chi connectivity index (χ4n) is 2.57. The quantitative estimate of drug-likeness (QED) is 0.611. The molecule has 13 heavy (non-hydrogen) atoms. The summed E-state index contributed by atoms with van der Waals surface area (Å²) in [6.45, 7) is 1.96. The van der Waals surface area contributed by atoms with Crippen molar-refractivity contribution in [1.29, 1.82) is 0 Å². The molecular formula is C9H15NO3. The van der Waals surface area contributed by atoms with Crippen LogP contribution in [0.25, 0.3) is 0 Å². The van der Waals surface area contributed by atoms with Crippen LogP contribution < -0.4 is 5.73 Å². The molecule has 74 valence electrons. The van der Waals surface area contributed by atoms with Crippen molar-refractivity contribution >= 4 is 5.97 Å². The lowest BCUT2D eigenvalue weighted by Crippen LogP contribution is -2.63. The van der Waals surface area contributed by atoms with Gasteiger partial charge in [0, 0.05) is 12.0 Å². The Labute approximate surface area is 77.4 Å². The molecule has 1 spiro atoms. The van der Waals surface area contributed by atoms with E-state index in [0.29, 0.717) is 6.54 Å². The number of esters is 1. The van der Waals surface area contributed by atoms with Crippen molar-refractivity contribution in [2.45, 2.75) is 12.8 Å². The Morgan fingerprint density at radius 3 is 2.46 bits per heavy atom. The summed E-state index contributed by atoms with van der Waals surface area (Å²) in [5.74, 6) is -0.160. The lowest BCUT2D eigenvalue weighted by molar-refractivity contribution is -0.220. The van der Waals surface area contributed by atoms with Gasteiger partial charge in [-0.2, -0.15) is 0 Å². The Kier molecular flexibility index (Phi) is 1.85. The van der Waals surface area contributed by atoms with E-state index in [4.69, 9.17) is 15.2 Å². The van der Waals surface area contributed by atoms with Gasteiger partial charge in [0.05, 0.1) is 25.7 Å². The Hall–Kier alpha value is -0.610. The number of hydrogen-bond acceptors (Lipinski definition) is 4. The second-order valence-electron chi connectivity index (χ2n) is 4.32. The molecule has 0 radical (unpaired) electrons. The van der Waals surface area contributed by atoms with Crippen LogP contribution in [0.2, 0.25) is 0 Å². The van der Waals surface area contributed by atoms with E-state index in [9.17, 15) is 4.79 Å². The van der Waals surface area contributed by atoms with E-state index < -0.39 is 5.41 Å². The highest BCUT2D eigenvalue weighted by Crippen LogP contribution is 2.58. The smallest absolute Gasteiger partial charge is 0.313 e. The predicted octanol–water partition coefficient (Wildman–Crippen LogP) is -0.0851. The molecule has 2 rings (SSSR count). The first-order valence-electron chi connectivity index (χ1n) is 4.53. The van der Waals surface area contributed by atoms with Crippen molar-refractivity contribution in [2.24, 2.45) is 16.6 Å². The maximum absolute atomic E-state index is 11.4. The van der Waals surface area contributed by atoms with E-state index in [1.807, 2.05) is 0 Å². The van der Waals surface area contributed by atoms with Crippen molar-refractivity contribution in [3.63, 3.8) is 0 Å². The Bertz CT molecular complexity index is 227. The molecule has 1 aliphatic heterocycles. The van der Waals surface area contributed by atoms with E-state index in [1.54, 1.807) is 0 Å². The van der Waals surface area contributed by atoms with Crippen LogP contribution in [0.15, 0.2) is 0 Å². The second kappa shape index (κ2) is 2.69. The molecule has 0 unspecified atom stereocenters. The highest BCUT2D eigenvalue weighted by molar-refractivity contribution is 5.78. The average molecular weight is 185 g/mol. The van der Waals surface area contributed by atoms with Gasteiger partial charge in [-0.3, -0.25) is 4.79 Å². The van der Waals surface area contributed by atoms with Crippen LogP contribution in [0.1, 0.15) is 12.8 Å². The first kappa shape index (κ1) is 8.97. The fraction of sp³-hybridized carbons (Fsp3) is 0.889. The molecule has 0 atom stereocenters. The number of carbonyl (C=O) groups excluding carboxylic acids is 1. The van der Waals surface area contributed by atoms with Crippen LogP contribution >= 0.6 is 0 Å². The van der Waals surface area contributed by atoms with Crippen LogP contribution in [0, 0.1) is 10.8 Å². The van der Waals surface area contributed by atoms with Crippen molar-refractivity contribution in [3.8, 4) is 0 Å². The molecule has 0 aromatic heterocycles. The van der Waals surface area contributed by atoms with Crippen molar-refractivity contribution in [3.05, 3.63) is 0 Å². The summed E-state index contributed by atoms with van der Waals surface area (Å²) in [7, 11) is 1.42. The van der Waals surface area contributed by atoms with Crippen LogP contribution in [-0.2, 0) is 14.3 Å². The van der Waals surface area contributed by atoms with Gasteiger partial charge in [0.25, 0.3) is 0 Å². The molecule has 2 N–H and O–H groups in total. The molecule has 0 aromatic rings. The second-order valence-corrected chi connectivity index (χ2v) is 4.32. The molecule has 4 heteroatoms. The summed E-state index contributed by atoms with van der Waals surface area (Å²) in [4.78, 5) is 11.4. The topological polar surface area (TPSA) is 61.5 Å². The van der Waals surface area contributed by atoms with E-state index >= 15 is 0 Å². The van der Waals surface area contributed by atoms with Gasteiger partial charge in [-0.15, -0.1) is 0 Å². The predicted molar refractivity (Wildman–Crippen MR) is 46.0 cm³/mol. The average Bonchev–Trinajstić information content (AvgIpc) is 2.00. The monoisotopic (exact) mass is 185 g/mol. The molecule has 4 nitrogen and oxygen atoms in total. The third kappa shape index (κ3) is 1.09. The Morgan fingerprint density at radius 1 is 1.54 bits per heavy atom. The van der Waals surface area contributed by atoms with E-state index in [2.05, 4.69) is 0 Å². The van der Waals surface area contributed by atoms with Gasteiger partial charge in [-0.05, 0) is 12.8 Å². The molecular weight excluding hydrogens is 170 g/mol. The highest BCUT2D eigenvalue weighted by atomic mass is 16.5. The highest BCUT2D eigenvalue weighted by Gasteiger charge is 2.61. The van der Waals surface area contributed by atoms with Gasteiger partial charge in [0.2, 0.25) is 0 Å². The van der Waals surface area contributed by atoms with E-state index in [0.717, 1.165) is 26.1 Å². The van der Waals surface area contributed by atoms with Gasteiger partial charge in [-0.1, -0.05) is 0 Å². The zero-order chi connectivity index (χ0) is 9.53. The number of ether oxygens (including phenoxy) is 2. The number of rotatable bonds is 2. The Balaban J connectivity index is 2.01. The first-order chi connectivity index (χ1) is 6.16. The van der Waals surface area contributed by atoms with Crippen molar-refractivity contribution in [2.75, 3.05) is 26.9 Å². The fourth-order valence-corrected chi connectivity index (χ4v) is 2.57. The summed E-state index contributed by atoms with van der Waals surface area (Å²) in [5.41, 5.74) is 5.46. The lowest BCUT2D eigenvalue weighted by atomic mass is 9.51. The van der Waals surface area contributed by atoms with E-state index in [1.165, 1.54) is 7.11 Å². The normalized spacial score (nSPS) is 27.5. The molecule has 1 saturated carbocycles. The largest absolute Gasteiger partial charge is 0.469 e. The van der Waals surface area contributed by atoms with Gasteiger partial charge in [-0.25, -0.2) is 0 Å². The molecule has 2 fully saturated rings. The summed E-state index contributed by atoms with van der Waals surface area (Å²) >= 11 is 0. The number of carbonyl (C=O) groups is 1. The molecule has 1 aliphatic carbocycles. The van der Waals surface area contributed by atoms with Crippen LogP contribution in [0.5, 0.6) is 0 Å². The first-order valence-corrected chi connectivity index (χ1v) is 4.53. The zero-order valence-corrected chi connectivity index (χ0v) is 7.84. The van der Waals surface area contributed by atoms with Crippen LogP contribution in [0.3, 0.4) is 0 Å². The summed E-state index contributed by atoms with van der Waals surface area (Å²) in [6.07, 6.45) is 1.67. The van der Waals surface area contributed by atoms with Gasteiger partial charge >= 0.3 is 5.97 Å². The van der Waals surface area contributed by atoms with Gasteiger partial charge in [0.1, 0.15) is 0 Å². The Morgan fingerprint density at radius 2 is 2.15 bits per heavy atom. The molecule has 2 aliphatic rings. The van der Waals surface area contributed by atoms with Gasteiger partial charge in [0.15, 0.2) is 0 Å². The van der Waals surface area contributed by atoms with Crippen molar-refractivity contribution in [1.82, 2.24) is 0 Å². The molecule has 1 heterocycles. The number of nitrogens with two attached hydrogens (primary N) is 1.